The number of imidazole rings is 1. The van der Waals surface area contributed by atoms with Gasteiger partial charge in [-0.25, -0.2) is 9.97 Å². The monoisotopic (exact) mass is 187 g/mol. The Morgan fingerprint density at radius 3 is 2.93 bits per heavy atom. The molecule has 0 saturated carbocycles. The summed E-state index contributed by atoms with van der Waals surface area (Å²) in [5.41, 5.74) is 1.65. The van der Waals surface area contributed by atoms with Crippen molar-refractivity contribution in [3.05, 3.63) is 30.1 Å². The van der Waals surface area contributed by atoms with Crippen molar-refractivity contribution < 1.29 is 10.2 Å². The van der Waals surface area contributed by atoms with Crippen molar-refractivity contribution in [2.45, 2.75) is 0 Å². The normalized spacial score (nSPS) is 11.5. The molecule has 0 aliphatic carbocycles. The van der Waals surface area contributed by atoms with Crippen molar-refractivity contribution in [3.63, 3.8) is 0 Å². The van der Waals surface area contributed by atoms with Crippen LogP contribution in [0.25, 0.3) is 11.0 Å². The number of nitrogens with one attached hydrogen (secondary N) is 2. The lowest BCUT2D eigenvalue weighted by Gasteiger charge is -1.78. The Bertz CT molecular complexity index is 502. The minimum atomic E-state index is -0.0683. The fourth-order valence-electron chi connectivity index (χ4n) is 1.25. The van der Waals surface area contributed by atoms with Gasteiger partial charge in [0.05, 0.1) is 0 Å². The number of H-pyrrole nitrogens is 2. The molecule has 1 aromatic heterocycles. The van der Waals surface area contributed by atoms with Crippen LogP contribution < -0.4 is 4.98 Å². The van der Waals surface area contributed by atoms with Crippen LogP contribution in [0.4, 0.5) is 0 Å². The molecule has 0 fully saturated rings. The smallest absolute Gasteiger partial charge is 0.318 e. The van der Waals surface area contributed by atoms with Crippen LogP contribution in [0.2, 0.25) is 0 Å². The van der Waals surface area contributed by atoms with Gasteiger partial charge in [-0.3, -0.25) is 0 Å². The predicted molar refractivity (Wildman–Crippen MR) is 48.8 cm³/mol. The SMILES string of the molecule is N#C/C(=N\O)c1[nH]c2ccccc2[nH+]1. The first-order valence-corrected chi connectivity index (χ1v) is 3.97. The summed E-state index contributed by atoms with van der Waals surface area (Å²) in [6, 6.07) is 9.24. The molecule has 5 nitrogen and oxygen atoms in total. The van der Waals surface area contributed by atoms with Crippen LogP contribution in [0.5, 0.6) is 0 Å². The fraction of sp³-hybridized carbons (Fsp3) is 0. The summed E-state index contributed by atoms with van der Waals surface area (Å²) in [4.78, 5) is 5.86. The maximum absolute atomic E-state index is 8.62. The minimum Gasteiger partial charge on any atom is -0.410 e. The molecule has 0 amide bonds. The second-order valence-corrected chi connectivity index (χ2v) is 2.73. The van der Waals surface area contributed by atoms with Gasteiger partial charge in [-0.2, -0.15) is 5.26 Å². The highest BCUT2D eigenvalue weighted by Gasteiger charge is 2.15. The van der Waals surface area contributed by atoms with E-state index in [1.807, 2.05) is 24.3 Å². The fourth-order valence-corrected chi connectivity index (χ4v) is 1.25. The van der Waals surface area contributed by atoms with Crippen molar-refractivity contribution >= 4 is 16.7 Å². The van der Waals surface area contributed by atoms with Crippen LogP contribution in [-0.4, -0.2) is 15.9 Å². The van der Waals surface area contributed by atoms with Gasteiger partial charge in [-0.15, -0.1) is 0 Å². The molecule has 2 rings (SSSR count). The third-order valence-electron chi connectivity index (χ3n) is 1.89. The first kappa shape index (κ1) is 8.26. The molecule has 0 radical (unpaired) electrons. The average Bonchev–Trinajstić information content (AvgIpc) is 2.63. The molecule has 1 heterocycles. The molecule has 0 saturated heterocycles. The zero-order valence-electron chi connectivity index (χ0n) is 7.15. The Kier molecular flexibility index (Phi) is 1.88. The Morgan fingerprint density at radius 1 is 1.50 bits per heavy atom. The van der Waals surface area contributed by atoms with Gasteiger partial charge in [-0.1, -0.05) is 17.3 Å². The highest BCUT2D eigenvalue weighted by atomic mass is 16.4. The summed E-state index contributed by atoms with van der Waals surface area (Å²) >= 11 is 0. The number of para-hydroxylation sites is 2. The van der Waals surface area contributed by atoms with Gasteiger partial charge in [0.25, 0.3) is 5.71 Å². The summed E-state index contributed by atoms with van der Waals surface area (Å²) in [6.07, 6.45) is 0. The van der Waals surface area contributed by atoms with E-state index < -0.39 is 0 Å². The molecule has 1 aromatic carbocycles. The number of hydrogen-bond donors (Lipinski definition) is 2. The molecule has 68 valence electrons. The topological polar surface area (TPSA) is 86.3 Å². The molecule has 0 aliphatic heterocycles. The molecule has 0 spiro atoms. The van der Waals surface area contributed by atoms with E-state index in [1.54, 1.807) is 6.07 Å². The van der Waals surface area contributed by atoms with E-state index >= 15 is 0 Å². The summed E-state index contributed by atoms with van der Waals surface area (Å²) in [5, 5.41) is 20.0. The van der Waals surface area contributed by atoms with Gasteiger partial charge >= 0.3 is 5.82 Å². The van der Waals surface area contributed by atoms with Gasteiger partial charge in [-0.05, 0) is 12.1 Å². The second kappa shape index (κ2) is 3.18. The number of aromatic amines is 2. The molecule has 0 bridgehead atoms. The molecule has 5 heteroatoms. The van der Waals surface area contributed by atoms with Gasteiger partial charge in [0, 0.05) is 0 Å². The highest BCUT2D eigenvalue weighted by Crippen LogP contribution is 2.06. The lowest BCUT2D eigenvalue weighted by molar-refractivity contribution is -0.346. The van der Waals surface area contributed by atoms with E-state index in [0.29, 0.717) is 5.82 Å². The lowest BCUT2D eigenvalue weighted by Crippen LogP contribution is -2.13. The van der Waals surface area contributed by atoms with E-state index in [4.69, 9.17) is 10.5 Å². The molecule has 14 heavy (non-hydrogen) atoms. The standard InChI is InChI=1S/C9H6N4O/c10-5-8(13-14)9-11-6-3-1-2-4-7(6)12-9/h1-4,14H,(H,11,12)/p+1/b13-8+. The second-order valence-electron chi connectivity index (χ2n) is 2.73. The van der Waals surface area contributed by atoms with E-state index in [0.717, 1.165) is 11.0 Å². The largest absolute Gasteiger partial charge is 0.410 e. The van der Waals surface area contributed by atoms with Crippen LogP contribution in [-0.2, 0) is 0 Å². The number of oxime groups is 1. The first-order chi connectivity index (χ1) is 6.85. The molecule has 0 atom stereocenters. The number of nitrogens with zero attached hydrogens (tertiary/aromatic N) is 2. The van der Waals surface area contributed by atoms with Crippen molar-refractivity contribution in [3.8, 4) is 6.07 Å². The summed E-state index contributed by atoms with van der Waals surface area (Å²) in [5.74, 6) is 0.399. The van der Waals surface area contributed by atoms with E-state index in [1.165, 1.54) is 0 Å². The van der Waals surface area contributed by atoms with Crippen molar-refractivity contribution in [1.29, 1.82) is 5.26 Å². The molecule has 0 unspecified atom stereocenters. The predicted octanol–water partition coefficient (Wildman–Crippen LogP) is 0.684. The molecular weight excluding hydrogens is 180 g/mol. The number of benzene rings is 1. The summed E-state index contributed by atoms with van der Waals surface area (Å²) in [7, 11) is 0. The Morgan fingerprint density at radius 2 is 2.29 bits per heavy atom. The maximum Gasteiger partial charge on any atom is 0.318 e. The number of rotatable bonds is 1. The van der Waals surface area contributed by atoms with Crippen LogP contribution in [0.3, 0.4) is 0 Å². The Labute approximate surface area is 79.3 Å². The quantitative estimate of drug-likeness (QED) is 0.391. The van der Waals surface area contributed by atoms with Crippen molar-refractivity contribution in [2.24, 2.45) is 5.16 Å². The van der Waals surface area contributed by atoms with Crippen molar-refractivity contribution in [2.75, 3.05) is 0 Å². The Balaban J connectivity index is 2.62. The zero-order chi connectivity index (χ0) is 9.97. The number of nitriles is 1. The third-order valence-corrected chi connectivity index (χ3v) is 1.89. The minimum absolute atomic E-state index is 0.0683. The molecule has 2 aromatic rings. The number of hydrogen-bond acceptors (Lipinski definition) is 3. The summed E-state index contributed by atoms with van der Waals surface area (Å²) in [6.45, 7) is 0. The first-order valence-electron chi connectivity index (χ1n) is 3.97. The maximum atomic E-state index is 8.62. The molecule has 3 N–H and O–H groups in total. The van der Waals surface area contributed by atoms with Crippen molar-refractivity contribution in [1.82, 2.24) is 4.98 Å². The van der Waals surface area contributed by atoms with E-state index in [9.17, 15) is 0 Å². The number of fused-ring (bicyclic) bond motifs is 1. The van der Waals surface area contributed by atoms with Gasteiger partial charge in [0.2, 0.25) is 0 Å². The van der Waals surface area contributed by atoms with Crippen LogP contribution in [0, 0.1) is 11.3 Å². The summed E-state index contributed by atoms with van der Waals surface area (Å²) < 4.78 is 0. The number of aromatic nitrogens is 2. The van der Waals surface area contributed by atoms with Gasteiger partial charge in [0.1, 0.15) is 6.07 Å². The lowest BCUT2D eigenvalue weighted by atomic mass is 10.3. The van der Waals surface area contributed by atoms with Crippen LogP contribution >= 0.6 is 0 Å². The van der Waals surface area contributed by atoms with Crippen LogP contribution in [0.1, 0.15) is 5.82 Å². The molecular formula is C9H7N4O+. The van der Waals surface area contributed by atoms with Gasteiger partial charge in [0.15, 0.2) is 11.0 Å². The van der Waals surface area contributed by atoms with Gasteiger partial charge < -0.3 is 5.21 Å². The zero-order valence-corrected chi connectivity index (χ0v) is 7.15. The average molecular weight is 187 g/mol. The third kappa shape index (κ3) is 1.19. The highest BCUT2D eigenvalue weighted by molar-refractivity contribution is 6.08. The van der Waals surface area contributed by atoms with E-state index in [-0.39, 0.29) is 5.71 Å². The van der Waals surface area contributed by atoms with E-state index in [2.05, 4.69) is 15.1 Å². The Hall–Kier alpha value is -2.35. The molecule has 0 aliphatic rings. The van der Waals surface area contributed by atoms with Crippen LogP contribution in [0.15, 0.2) is 29.4 Å².